The molecule has 0 radical (unpaired) electrons. The zero-order chi connectivity index (χ0) is 13.2. The molecule has 1 aromatic heterocycles. The lowest BCUT2D eigenvalue weighted by Crippen LogP contribution is -1.93. The molecular weight excluding hydrogens is 243 g/mol. The molecule has 0 fully saturated rings. The van der Waals surface area contributed by atoms with Crippen molar-refractivity contribution in [1.29, 1.82) is 0 Å². The molecule has 0 saturated heterocycles. The van der Waals surface area contributed by atoms with Gasteiger partial charge in [0.25, 0.3) is 0 Å². The molecule has 0 spiro atoms. The zero-order valence-corrected chi connectivity index (χ0v) is 10.5. The second-order valence-electron chi connectivity index (χ2n) is 4.50. The fraction of sp³-hybridized carbons (Fsp3) is 0.125. The van der Waals surface area contributed by atoms with Gasteiger partial charge in [-0.25, -0.2) is 4.39 Å². The Morgan fingerprint density at radius 1 is 1.11 bits per heavy atom. The number of hydrogen-bond donors (Lipinski definition) is 0. The molecule has 0 unspecified atom stereocenters. The number of benzene rings is 2. The van der Waals surface area contributed by atoms with Crippen molar-refractivity contribution in [1.82, 2.24) is 0 Å². The summed E-state index contributed by atoms with van der Waals surface area (Å²) in [7, 11) is 0. The third kappa shape index (κ3) is 2.60. The van der Waals surface area contributed by atoms with E-state index in [0.717, 1.165) is 22.3 Å². The predicted molar refractivity (Wildman–Crippen MR) is 71.7 cm³/mol. The average Bonchev–Trinajstić information content (AvgIpc) is 2.78. The highest BCUT2D eigenvalue weighted by Crippen LogP contribution is 2.22. The monoisotopic (exact) mass is 256 g/mol. The highest BCUT2D eigenvalue weighted by Gasteiger charge is 2.05. The van der Waals surface area contributed by atoms with Crippen LogP contribution in [0.5, 0.6) is 5.75 Å². The number of hydrogen-bond acceptors (Lipinski definition) is 2. The first-order valence-electron chi connectivity index (χ1n) is 6.08. The summed E-state index contributed by atoms with van der Waals surface area (Å²) in [5, 5.41) is 1.04. The van der Waals surface area contributed by atoms with Gasteiger partial charge in [0, 0.05) is 11.5 Å². The first-order chi connectivity index (χ1) is 9.20. The molecule has 3 rings (SSSR count). The highest BCUT2D eigenvalue weighted by molar-refractivity contribution is 5.78. The maximum absolute atomic E-state index is 13.0. The van der Waals surface area contributed by atoms with Gasteiger partial charge in [-0.05, 0) is 36.8 Å². The minimum atomic E-state index is -0.308. The van der Waals surface area contributed by atoms with Crippen LogP contribution in [-0.2, 0) is 6.61 Å². The molecule has 0 bridgehead atoms. The van der Waals surface area contributed by atoms with E-state index in [9.17, 15) is 4.39 Å². The topological polar surface area (TPSA) is 22.4 Å². The Kier molecular flexibility index (Phi) is 2.95. The third-order valence-corrected chi connectivity index (χ3v) is 2.90. The molecule has 19 heavy (non-hydrogen) atoms. The molecule has 2 aromatic carbocycles. The van der Waals surface area contributed by atoms with E-state index >= 15 is 0 Å². The van der Waals surface area contributed by atoms with Crippen molar-refractivity contribution in [2.45, 2.75) is 13.5 Å². The SMILES string of the molecule is Cc1ccc2cc(COc3cccc(F)c3)oc2c1. The summed E-state index contributed by atoms with van der Waals surface area (Å²) < 4.78 is 24.2. The second kappa shape index (κ2) is 4.76. The fourth-order valence-corrected chi connectivity index (χ4v) is 1.98. The summed E-state index contributed by atoms with van der Waals surface area (Å²) in [4.78, 5) is 0. The van der Waals surface area contributed by atoms with E-state index in [1.54, 1.807) is 12.1 Å². The van der Waals surface area contributed by atoms with Crippen LogP contribution in [0.4, 0.5) is 4.39 Å². The Balaban J connectivity index is 1.78. The lowest BCUT2D eigenvalue weighted by atomic mass is 10.2. The average molecular weight is 256 g/mol. The molecular formula is C16H13FO2. The van der Waals surface area contributed by atoms with Crippen molar-refractivity contribution in [2.24, 2.45) is 0 Å². The van der Waals surface area contributed by atoms with Crippen molar-refractivity contribution >= 4 is 11.0 Å². The summed E-state index contributed by atoms with van der Waals surface area (Å²) in [6.07, 6.45) is 0. The second-order valence-corrected chi connectivity index (χ2v) is 4.50. The van der Waals surface area contributed by atoms with Crippen molar-refractivity contribution in [3.8, 4) is 5.75 Å². The van der Waals surface area contributed by atoms with Crippen molar-refractivity contribution < 1.29 is 13.5 Å². The van der Waals surface area contributed by atoms with E-state index in [1.807, 2.05) is 31.2 Å². The van der Waals surface area contributed by atoms with Gasteiger partial charge in [-0.15, -0.1) is 0 Å². The fourth-order valence-electron chi connectivity index (χ4n) is 1.98. The number of aryl methyl sites for hydroxylation is 1. The van der Waals surface area contributed by atoms with Crippen molar-refractivity contribution in [2.75, 3.05) is 0 Å². The predicted octanol–water partition coefficient (Wildman–Crippen LogP) is 4.46. The van der Waals surface area contributed by atoms with Gasteiger partial charge in [-0.2, -0.15) is 0 Å². The number of ether oxygens (including phenoxy) is 1. The van der Waals surface area contributed by atoms with Crippen LogP contribution in [0.2, 0.25) is 0 Å². The minimum absolute atomic E-state index is 0.289. The summed E-state index contributed by atoms with van der Waals surface area (Å²) in [5.74, 6) is 0.916. The lowest BCUT2D eigenvalue weighted by molar-refractivity contribution is 0.273. The Labute approximate surface area is 110 Å². The Morgan fingerprint density at radius 2 is 2.00 bits per heavy atom. The largest absolute Gasteiger partial charge is 0.486 e. The van der Waals surface area contributed by atoms with Gasteiger partial charge in [0.2, 0.25) is 0 Å². The van der Waals surface area contributed by atoms with Crippen LogP contribution in [0, 0.1) is 12.7 Å². The highest BCUT2D eigenvalue weighted by atomic mass is 19.1. The summed E-state index contributed by atoms with van der Waals surface area (Å²) in [6, 6.07) is 14.1. The van der Waals surface area contributed by atoms with E-state index in [0.29, 0.717) is 5.75 Å². The number of furan rings is 1. The van der Waals surface area contributed by atoms with E-state index in [4.69, 9.17) is 9.15 Å². The Hall–Kier alpha value is -2.29. The maximum Gasteiger partial charge on any atom is 0.146 e. The molecule has 1 heterocycles. The molecule has 3 heteroatoms. The maximum atomic E-state index is 13.0. The van der Waals surface area contributed by atoms with E-state index < -0.39 is 0 Å². The molecule has 2 nitrogen and oxygen atoms in total. The molecule has 0 aliphatic carbocycles. The Morgan fingerprint density at radius 3 is 2.84 bits per heavy atom. The number of rotatable bonds is 3. The van der Waals surface area contributed by atoms with Crippen LogP contribution in [0.1, 0.15) is 11.3 Å². The smallest absolute Gasteiger partial charge is 0.146 e. The number of fused-ring (bicyclic) bond motifs is 1. The van der Waals surface area contributed by atoms with E-state index in [-0.39, 0.29) is 12.4 Å². The zero-order valence-electron chi connectivity index (χ0n) is 10.5. The van der Waals surface area contributed by atoms with Gasteiger partial charge >= 0.3 is 0 Å². The first-order valence-corrected chi connectivity index (χ1v) is 6.08. The van der Waals surface area contributed by atoms with Crippen LogP contribution >= 0.6 is 0 Å². The van der Waals surface area contributed by atoms with Gasteiger partial charge in [0.05, 0.1) is 0 Å². The first kappa shape index (κ1) is 11.8. The Bertz CT molecular complexity index is 716. The van der Waals surface area contributed by atoms with Crippen LogP contribution in [-0.4, -0.2) is 0 Å². The summed E-state index contributed by atoms with van der Waals surface area (Å²) >= 11 is 0. The number of halogens is 1. The molecule has 3 aromatic rings. The molecule has 96 valence electrons. The van der Waals surface area contributed by atoms with Crippen LogP contribution in [0.25, 0.3) is 11.0 Å². The van der Waals surface area contributed by atoms with Crippen LogP contribution in [0.15, 0.2) is 52.9 Å². The van der Waals surface area contributed by atoms with Crippen LogP contribution < -0.4 is 4.74 Å². The molecule has 0 saturated carbocycles. The van der Waals surface area contributed by atoms with Gasteiger partial charge in [-0.1, -0.05) is 18.2 Å². The van der Waals surface area contributed by atoms with E-state index in [2.05, 4.69) is 0 Å². The van der Waals surface area contributed by atoms with Crippen molar-refractivity contribution in [3.05, 3.63) is 65.7 Å². The lowest BCUT2D eigenvalue weighted by Gasteiger charge is -2.03. The third-order valence-electron chi connectivity index (χ3n) is 2.90. The minimum Gasteiger partial charge on any atom is -0.486 e. The van der Waals surface area contributed by atoms with Gasteiger partial charge in [0.15, 0.2) is 0 Å². The molecule has 0 atom stereocenters. The van der Waals surface area contributed by atoms with Gasteiger partial charge in [-0.3, -0.25) is 0 Å². The quantitative estimate of drug-likeness (QED) is 0.690. The standard InChI is InChI=1S/C16H13FO2/c1-11-5-6-12-8-15(19-16(12)7-11)10-18-14-4-2-3-13(17)9-14/h2-9H,10H2,1H3. The summed E-state index contributed by atoms with van der Waals surface area (Å²) in [5.41, 5.74) is 2.00. The molecule has 0 aliphatic heterocycles. The van der Waals surface area contributed by atoms with Crippen LogP contribution in [0.3, 0.4) is 0 Å². The normalized spacial score (nSPS) is 10.8. The molecule has 0 aliphatic rings. The molecule has 0 N–H and O–H groups in total. The summed E-state index contributed by atoms with van der Waals surface area (Å²) in [6.45, 7) is 2.31. The van der Waals surface area contributed by atoms with Gasteiger partial charge < -0.3 is 9.15 Å². The van der Waals surface area contributed by atoms with E-state index in [1.165, 1.54) is 12.1 Å². The van der Waals surface area contributed by atoms with Crippen molar-refractivity contribution in [3.63, 3.8) is 0 Å². The molecule has 0 amide bonds. The van der Waals surface area contributed by atoms with Gasteiger partial charge in [0.1, 0.15) is 29.5 Å².